The number of carbonyl (C=O) groups is 1. The fraction of sp³-hybridized carbons (Fsp3) is 0.941. The molecule has 0 aromatic carbocycles. The van der Waals surface area contributed by atoms with Gasteiger partial charge in [0, 0.05) is 18.5 Å². The van der Waals surface area contributed by atoms with E-state index in [1.54, 1.807) is 0 Å². The highest BCUT2D eigenvalue weighted by atomic mass is 16.1. The van der Waals surface area contributed by atoms with Gasteiger partial charge in [0.25, 0.3) is 0 Å². The second-order valence-corrected chi connectivity index (χ2v) is 7.11. The molecule has 1 fully saturated rings. The van der Waals surface area contributed by atoms with Crippen molar-refractivity contribution in [3.63, 3.8) is 0 Å². The topological polar surface area (TPSA) is 41.1 Å². The minimum absolute atomic E-state index is 0.0692. The number of amides is 1. The highest BCUT2D eigenvalue weighted by Gasteiger charge is 2.32. The lowest BCUT2D eigenvalue weighted by atomic mass is 9.69. The monoisotopic (exact) mass is 282 g/mol. The molecule has 20 heavy (non-hydrogen) atoms. The number of nitrogens with one attached hydrogen (secondary N) is 2. The lowest BCUT2D eigenvalue weighted by Gasteiger charge is -2.39. The van der Waals surface area contributed by atoms with Crippen LogP contribution in [0.15, 0.2) is 0 Å². The molecule has 0 heterocycles. The Morgan fingerprint density at radius 2 is 1.80 bits per heavy atom. The van der Waals surface area contributed by atoms with Crippen molar-refractivity contribution in [2.45, 2.75) is 72.8 Å². The van der Waals surface area contributed by atoms with E-state index in [4.69, 9.17) is 0 Å². The number of carbonyl (C=O) groups excluding carboxylic acids is 1. The highest BCUT2D eigenvalue weighted by molar-refractivity contribution is 5.78. The van der Waals surface area contributed by atoms with Crippen LogP contribution in [0.5, 0.6) is 0 Å². The molecule has 0 aromatic heterocycles. The molecule has 1 amide bonds. The van der Waals surface area contributed by atoms with Crippen LogP contribution in [-0.2, 0) is 4.79 Å². The number of rotatable bonds is 7. The third-order valence-corrected chi connectivity index (χ3v) is 5.24. The van der Waals surface area contributed by atoms with Crippen molar-refractivity contribution >= 4 is 5.91 Å². The molecule has 0 saturated heterocycles. The van der Waals surface area contributed by atoms with Gasteiger partial charge in [-0.1, -0.05) is 41.0 Å². The van der Waals surface area contributed by atoms with Crippen LogP contribution in [0, 0.1) is 17.3 Å². The van der Waals surface area contributed by atoms with E-state index in [1.807, 2.05) is 6.92 Å². The molecule has 3 nitrogen and oxygen atoms in total. The Labute approximate surface area is 125 Å². The summed E-state index contributed by atoms with van der Waals surface area (Å²) in [4.78, 5) is 12.1. The minimum Gasteiger partial charge on any atom is -0.353 e. The van der Waals surface area contributed by atoms with Gasteiger partial charge in [0.1, 0.15) is 0 Å². The Bertz CT molecular complexity index is 293. The lowest BCUT2D eigenvalue weighted by molar-refractivity contribution is -0.125. The summed E-state index contributed by atoms with van der Waals surface area (Å²) in [7, 11) is 0. The van der Waals surface area contributed by atoms with Crippen LogP contribution < -0.4 is 10.6 Å². The summed E-state index contributed by atoms with van der Waals surface area (Å²) in [5.74, 6) is 1.10. The second kappa shape index (κ2) is 8.02. The summed E-state index contributed by atoms with van der Waals surface area (Å²) in [6, 6.07) is 0.399. The van der Waals surface area contributed by atoms with E-state index in [9.17, 15) is 4.79 Å². The largest absolute Gasteiger partial charge is 0.353 e. The zero-order valence-corrected chi connectivity index (χ0v) is 14.1. The summed E-state index contributed by atoms with van der Waals surface area (Å²) in [6.07, 6.45) is 6.05. The summed E-state index contributed by atoms with van der Waals surface area (Å²) >= 11 is 0. The molecular weight excluding hydrogens is 248 g/mol. The molecule has 0 aromatic rings. The Hall–Kier alpha value is -0.570. The quantitative estimate of drug-likeness (QED) is 0.752. The van der Waals surface area contributed by atoms with Crippen molar-refractivity contribution in [3.05, 3.63) is 0 Å². The summed E-state index contributed by atoms with van der Waals surface area (Å²) in [5, 5.41) is 6.48. The maximum atomic E-state index is 12.1. The van der Waals surface area contributed by atoms with Crippen LogP contribution in [0.1, 0.15) is 66.7 Å². The smallest absolute Gasteiger partial charge is 0.224 e. The SMILES string of the molecule is CCNCC(C)C(=O)NC1CCC(C(C)(C)CC)CC1. The Morgan fingerprint density at radius 1 is 1.20 bits per heavy atom. The van der Waals surface area contributed by atoms with E-state index < -0.39 is 0 Å². The molecule has 0 bridgehead atoms. The Balaban J connectivity index is 2.33. The molecule has 118 valence electrons. The zero-order valence-electron chi connectivity index (χ0n) is 14.1. The molecule has 1 aliphatic carbocycles. The molecule has 0 aliphatic heterocycles. The average molecular weight is 282 g/mol. The van der Waals surface area contributed by atoms with Crippen LogP contribution in [0.2, 0.25) is 0 Å². The van der Waals surface area contributed by atoms with Crippen LogP contribution >= 0.6 is 0 Å². The van der Waals surface area contributed by atoms with Gasteiger partial charge >= 0.3 is 0 Å². The van der Waals surface area contributed by atoms with Gasteiger partial charge in [-0.25, -0.2) is 0 Å². The molecule has 1 rings (SSSR count). The van der Waals surface area contributed by atoms with Crippen molar-refractivity contribution in [1.82, 2.24) is 10.6 Å². The lowest BCUT2D eigenvalue weighted by Crippen LogP contribution is -2.43. The van der Waals surface area contributed by atoms with Crippen molar-refractivity contribution in [2.75, 3.05) is 13.1 Å². The van der Waals surface area contributed by atoms with E-state index >= 15 is 0 Å². The van der Waals surface area contributed by atoms with E-state index in [2.05, 4.69) is 38.3 Å². The minimum atomic E-state index is 0.0692. The molecule has 1 unspecified atom stereocenters. The first-order valence-corrected chi connectivity index (χ1v) is 8.41. The van der Waals surface area contributed by atoms with E-state index in [1.165, 1.54) is 19.3 Å². The van der Waals surface area contributed by atoms with Crippen molar-refractivity contribution < 1.29 is 4.79 Å². The maximum absolute atomic E-state index is 12.1. The first kappa shape index (κ1) is 17.5. The highest BCUT2D eigenvalue weighted by Crippen LogP contribution is 2.40. The molecule has 1 atom stereocenters. The van der Waals surface area contributed by atoms with Gasteiger partial charge in [-0.15, -0.1) is 0 Å². The van der Waals surface area contributed by atoms with Crippen LogP contribution in [0.4, 0.5) is 0 Å². The van der Waals surface area contributed by atoms with Crippen molar-refractivity contribution in [2.24, 2.45) is 17.3 Å². The third kappa shape index (κ3) is 5.08. The zero-order chi connectivity index (χ0) is 15.2. The second-order valence-electron chi connectivity index (χ2n) is 7.11. The Kier molecular flexibility index (Phi) is 7.01. The summed E-state index contributed by atoms with van der Waals surface area (Å²) in [5.41, 5.74) is 0.452. The molecular formula is C17H34N2O. The van der Waals surface area contributed by atoms with E-state index in [0.29, 0.717) is 11.5 Å². The molecule has 2 N–H and O–H groups in total. The normalized spacial score (nSPS) is 25.2. The van der Waals surface area contributed by atoms with E-state index in [-0.39, 0.29) is 11.8 Å². The average Bonchev–Trinajstić information content (AvgIpc) is 2.45. The van der Waals surface area contributed by atoms with Gasteiger partial charge in [0.05, 0.1) is 0 Å². The predicted octanol–water partition coefficient (Wildman–Crippen LogP) is 3.34. The van der Waals surface area contributed by atoms with Gasteiger partial charge in [0.15, 0.2) is 0 Å². The molecule has 0 spiro atoms. The van der Waals surface area contributed by atoms with Crippen LogP contribution in [-0.4, -0.2) is 25.0 Å². The first-order valence-electron chi connectivity index (χ1n) is 8.41. The van der Waals surface area contributed by atoms with Crippen molar-refractivity contribution in [1.29, 1.82) is 0 Å². The van der Waals surface area contributed by atoms with Gasteiger partial charge in [-0.05, 0) is 43.6 Å². The first-order chi connectivity index (χ1) is 9.40. The van der Waals surface area contributed by atoms with Gasteiger partial charge in [0.2, 0.25) is 5.91 Å². The fourth-order valence-corrected chi connectivity index (χ4v) is 3.10. The summed E-state index contributed by atoms with van der Waals surface area (Å²) < 4.78 is 0. The van der Waals surface area contributed by atoms with Crippen LogP contribution in [0.25, 0.3) is 0 Å². The molecule has 0 radical (unpaired) electrons. The number of hydrogen-bond donors (Lipinski definition) is 2. The maximum Gasteiger partial charge on any atom is 0.224 e. The molecule has 1 aliphatic rings. The fourth-order valence-electron chi connectivity index (χ4n) is 3.10. The molecule has 1 saturated carbocycles. The van der Waals surface area contributed by atoms with Crippen molar-refractivity contribution in [3.8, 4) is 0 Å². The third-order valence-electron chi connectivity index (χ3n) is 5.24. The predicted molar refractivity (Wildman–Crippen MR) is 85.7 cm³/mol. The van der Waals surface area contributed by atoms with Crippen LogP contribution in [0.3, 0.4) is 0 Å². The van der Waals surface area contributed by atoms with Gasteiger partial charge in [-0.3, -0.25) is 4.79 Å². The van der Waals surface area contributed by atoms with Gasteiger partial charge < -0.3 is 10.6 Å². The Morgan fingerprint density at radius 3 is 2.30 bits per heavy atom. The van der Waals surface area contributed by atoms with E-state index in [0.717, 1.165) is 31.8 Å². The standard InChI is InChI=1S/C17H34N2O/c1-6-17(4,5)14-8-10-15(11-9-14)19-16(20)13(3)12-18-7-2/h13-15,18H,6-12H2,1-5H3,(H,19,20). The number of hydrogen-bond acceptors (Lipinski definition) is 2. The molecule has 3 heteroatoms. The van der Waals surface area contributed by atoms with Gasteiger partial charge in [-0.2, -0.15) is 0 Å². The summed E-state index contributed by atoms with van der Waals surface area (Å²) in [6.45, 7) is 12.8.